The number of nitrogens with zero attached hydrogens (tertiary/aromatic N) is 4. The van der Waals surface area contributed by atoms with Gasteiger partial charge < -0.3 is 4.90 Å². The molecule has 1 saturated heterocycles. The van der Waals surface area contributed by atoms with Gasteiger partial charge in [-0.1, -0.05) is 23.9 Å². The maximum absolute atomic E-state index is 12.7. The molecule has 3 rings (SSSR count). The summed E-state index contributed by atoms with van der Waals surface area (Å²) in [7, 11) is -1.57. The second-order valence-corrected chi connectivity index (χ2v) is 9.95. The van der Waals surface area contributed by atoms with Crippen molar-refractivity contribution in [2.45, 2.75) is 22.1 Å². The van der Waals surface area contributed by atoms with Crippen LogP contribution in [0.4, 0.5) is 5.69 Å². The van der Waals surface area contributed by atoms with Gasteiger partial charge in [-0.3, -0.25) is 10.1 Å². The molecular weight excluding hydrogens is 400 g/mol. The Labute approximate surface area is 168 Å². The first-order chi connectivity index (χ1) is 13.3. The molecule has 2 aromatic rings. The minimum Gasteiger partial charge on any atom is -0.304 e. The van der Waals surface area contributed by atoms with Crippen LogP contribution in [0.25, 0.3) is 0 Å². The van der Waals surface area contributed by atoms with Gasteiger partial charge in [-0.15, -0.1) is 0 Å². The van der Waals surface area contributed by atoms with E-state index in [0.29, 0.717) is 31.2 Å². The van der Waals surface area contributed by atoms with Crippen LogP contribution in [0.5, 0.6) is 0 Å². The Kier molecular flexibility index (Phi) is 6.33. The largest absolute Gasteiger partial charge is 0.304 e. The lowest BCUT2D eigenvalue weighted by Gasteiger charge is -2.31. The van der Waals surface area contributed by atoms with Crippen molar-refractivity contribution in [1.82, 2.24) is 14.2 Å². The predicted molar refractivity (Wildman–Crippen MR) is 108 cm³/mol. The predicted octanol–water partition coefficient (Wildman–Crippen LogP) is 2.78. The number of rotatable bonds is 6. The third-order valence-electron chi connectivity index (χ3n) is 4.66. The number of benzene rings is 1. The van der Waals surface area contributed by atoms with Crippen LogP contribution in [-0.2, 0) is 10.0 Å². The van der Waals surface area contributed by atoms with Crippen LogP contribution in [-0.4, -0.2) is 60.8 Å². The summed E-state index contributed by atoms with van der Waals surface area (Å²) in [4.78, 5) is 17.1. The lowest BCUT2D eigenvalue weighted by molar-refractivity contribution is -0.384. The van der Waals surface area contributed by atoms with Gasteiger partial charge in [-0.25, -0.2) is 13.4 Å². The summed E-state index contributed by atoms with van der Waals surface area (Å²) in [5, 5.41) is 11.5. The fourth-order valence-corrected chi connectivity index (χ4v) is 5.18. The molecule has 1 fully saturated rings. The maximum Gasteiger partial charge on any atom is 0.269 e. The van der Waals surface area contributed by atoms with E-state index in [1.807, 2.05) is 20.0 Å². The number of aromatic nitrogens is 1. The van der Waals surface area contributed by atoms with E-state index in [9.17, 15) is 18.5 Å². The lowest BCUT2D eigenvalue weighted by atomic mass is 10.1. The van der Waals surface area contributed by atoms with Gasteiger partial charge in [0.1, 0.15) is 4.90 Å². The van der Waals surface area contributed by atoms with E-state index in [2.05, 4.69) is 9.88 Å². The molecule has 2 heterocycles. The molecule has 1 atom stereocenters. The second kappa shape index (κ2) is 8.56. The summed E-state index contributed by atoms with van der Waals surface area (Å²) in [5.41, 5.74) is 0.863. The highest BCUT2D eigenvalue weighted by Crippen LogP contribution is 2.35. The molecule has 1 unspecified atom stereocenters. The fraction of sp³-hybridized carbons (Fsp3) is 0.389. The molecule has 0 radical (unpaired) electrons. The molecule has 10 heteroatoms. The van der Waals surface area contributed by atoms with Gasteiger partial charge in [0.25, 0.3) is 5.69 Å². The van der Waals surface area contributed by atoms with Crippen LogP contribution in [0.15, 0.2) is 52.5 Å². The summed E-state index contributed by atoms with van der Waals surface area (Å²) in [5.74, 6) is 0. The van der Waals surface area contributed by atoms with Crippen LogP contribution in [0.2, 0.25) is 0 Å². The summed E-state index contributed by atoms with van der Waals surface area (Å²) in [6.07, 6.45) is 1.39. The molecule has 1 aromatic heterocycles. The Balaban J connectivity index is 1.70. The average molecular weight is 423 g/mol. The van der Waals surface area contributed by atoms with E-state index < -0.39 is 14.9 Å². The number of pyridine rings is 1. The van der Waals surface area contributed by atoms with E-state index in [0.717, 1.165) is 5.56 Å². The summed E-state index contributed by atoms with van der Waals surface area (Å²) in [6.45, 7) is 4.29. The molecule has 0 spiro atoms. The Bertz CT molecular complexity index is 942. The first-order valence-corrected chi connectivity index (χ1v) is 11.1. The highest BCUT2D eigenvalue weighted by Gasteiger charge is 2.27. The van der Waals surface area contributed by atoms with Crippen molar-refractivity contribution in [3.05, 3.63) is 58.3 Å². The monoisotopic (exact) mass is 422 g/mol. The molecule has 0 N–H and O–H groups in total. The normalized spacial score (nSPS) is 17.4. The number of likely N-dealkylation sites (N-methyl/N-ethyl adjacent to an activating group) is 1. The maximum atomic E-state index is 12.7. The van der Waals surface area contributed by atoms with Crippen LogP contribution >= 0.6 is 11.8 Å². The minimum absolute atomic E-state index is 0.0477. The zero-order valence-electron chi connectivity index (χ0n) is 15.7. The van der Waals surface area contributed by atoms with E-state index >= 15 is 0 Å². The van der Waals surface area contributed by atoms with Crippen molar-refractivity contribution < 1.29 is 13.3 Å². The molecule has 0 aliphatic carbocycles. The van der Waals surface area contributed by atoms with E-state index in [4.69, 9.17) is 0 Å². The van der Waals surface area contributed by atoms with Crippen molar-refractivity contribution in [2.75, 3.05) is 33.2 Å². The quantitative estimate of drug-likeness (QED) is 0.401. The van der Waals surface area contributed by atoms with Gasteiger partial charge in [-0.2, -0.15) is 4.31 Å². The molecule has 1 aliphatic rings. The first kappa shape index (κ1) is 20.7. The molecule has 0 saturated carbocycles. The van der Waals surface area contributed by atoms with Gasteiger partial charge in [0, 0.05) is 49.8 Å². The summed E-state index contributed by atoms with van der Waals surface area (Å²) >= 11 is 1.42. The smallest absolute Gasteiger partial charge is 0.269 e. The highest BCUT2D eigenvalue weighted by atomic mass is 32.2. The number of sulfonamides is 1. The van der Waals surface area contributed by atoms with Crippen LogP contribution in [0, 0.1) is 10.1 Å². The van der Waals surface area contributed by atoms with E-state index in [1.165, 1.54) is 28.3 Å². The topological polar surface area (TPSA) is 96.7 Å². The lowest BCUT2D eigenvalue weighted by Crippen LogP contribution is -2.47. The average Bonchev–Trinajstić information content (AvgIpc) is 2.69. The zero-order valence-corrected chi connectivity index (χ0v) is 17.3. The molecule has 1 aliphatic heterocycles. The number of non-ortho nitro benzene ring substituents is 1. The Hall–Kier alpha value is -2.01. The highest BCUT2D eigenvalue weighted by molar-refractivity contribution is 7.99. The minimum atomic E-state index is -3.54. The van der Waals surface area contributed by atoms with E-state index in [-0.39, 0.29) is 15.8 Å². The van der Waals surface area contributed by atoms with Crippen molar-refractivity contribution in [2.24, 2.45) is 0 Å². The van der Waals surface area contributed by atoms with Gasteiger partial charge in [0.05, 0.1) is 9.95 Å². The van der Waals surface area contributed by atoms with E-state index in [1.54, 1.807) is 24.3 Å². The Morgan fingerprint density at radius 3 is 2.50 bits per heavy atom. The summed E-state index contributed by atoms with van der Waals surface area (Å²) in [6, 6.07) is 9.74. The molecular formula is C18H22N4O4S2. The Morgan fingerprint density at radius 1 is 1.18 bits per heavy atom. The number of hydrogen-bond donors (Lipinski definition) is 0. The summed E-state index contributed by atoms with van der Waals surface area (Å²) < 4.78 is 27.0. The molecule has 28 heavy (non-hydrogen) atoms. The fourth-order valence-electron chi connectivity index (χ4n) is 2.91. The number of thioether (sulfide) groups is 1. The first-order valence-electron chi connectivity index (χ1n) is 8.83. The van der Waals surface area contributed by atoms with Gasteiger partial charge in [-0.05, 0) is 31.7 Å². The van der Waals surface area contributed by atoms with Crippen molar-refractivity contribution >= 4 is 27.5 Å². The third kappa shape index (κ3) is 4.69. The van der Waals surface area contributed by atoms with Gasteiger partial charge >= 0.3 is 0 Å². The number of nitro groups is 1. The number of piperazine rings is 1. The van der Waals surface area contributed by atoms with Crippen LogP contribution in [0.1, 0.15) is 17.7 Å². The van der Waals surface area contributed by atoms with Crippen LogP contribution in [0.3, 0.4) is 0 Å². The van der Waals surface area contributed by atoms with Gasteiger partial charge in [0.2, 0.25) is 10.0 Å². The molecule has 0 bridgehead atoms. The molecule has 8 nitrogen and oxygen atoms in total. The number of hydrogen-bond acceptors (Lipinski definition) is 7. The second-order valence-electron chi connectivity index (χ2n) is 6.65. The standard InChI is InChI=1S/C18H22N4O4S2/c1-14(15-4-3-5-16(12-15)22(23)24)27-18-7-6-17(13-19-18)28(25,26)21-10-8-20(2)9-11-21/h3-7,12-14H,8-11H2,1-2H3. The SMILES string of the molecule is CC(Sc1ccc(S(=O)(=O)N2CCN(C)CC2)cn1)c1cccc([N+](=O)[O-])c1. The Morgan fingerprint density at radius 2 is 1.89 bits per heavy atom. The van der Waals surface area contributed by atoms with Crippen LogP contribution < -0.4 is 0 Å². The number of nitro benzene ring substituents is 1. The van der Waals surface area contributed by atoms with Crippen molar-refractivity contribution in [3.63, 3.8) is 0 Å². The third-order valence-corrected chi connectivity index (χ3v) is 7.65. The molecule has 150 valence electrons. The van der Waals surface area contributed by atoms with Gasteiger partial charge in [0.15, 0.2) is 0 Å². The van der Waals surface area contributed by atoms with Crippen molar-refractivity contribution in [1.29, 1.82) is 0 Å². The zero-order chi connectivity index (χ0) is 20.3. The van der Waals surface area contributed by atoms with Crippen molar-refractivity contribution in [3.8, 4) is 0 Å². The molecule has 1 aromatic carbocycles. The molecule has 0 amide bonds.